The molecule has 2 N–H and O–H groups in total. The van der Waals surface area contributed by atoms with Crippen LogP contribution in [0.5, 0.6) is 0 Å². The van der Waals surface area contributed by atoms with E-state index in [2.05, 4.69) is 16.8 Å². The second-order valence-electron chi connectivity index (χ2n) is 4.94. The zero-order valence-corrected chi connectivity index (χ0v) is 11.2. The normalized spacial score (nSPS) is 20.1. The van der Waals surface area contributed by atoms with Gasteiger partial charge in [-0.25, -0.2) is 4.98 Å². The smallest absolute Gasteiger partial charge is 0.311 e. The van der Waals surface area contributed by atoms with Crippen LogP contribution in [-0.2, 0) is 0 Å². The Morgan fingerprint density at radius 1 is 1.47 bits per heavy atom. The molecule has 1 atom stereocenters. The Morgan fingerprint density at radius 3 is 2.89 bits per heavy atom. The molecule has 6 nitrogen and oxygen atoms in total. The van der Waals surface area contributed by atoms with E-state index < -0.39 is 4.92 Å². The standard InChI is InChI=1S/C13H20N4O2/c1-2-10-6-4-3-5-9-16(10)12-8-7-11(17(18)19)13(14)15-12/h7-8,10H,2-6,9H2,1H3,(H2,14,15). The molecule has 1 aromatic heterocycles. The number of nitrogens with two attached hydrogens (primary N) is 1. The van der Waals surface area contributed by atoms with Gasteiger partial charge in [0.1, 0.15) is 5.82 Å². The highest BCUT2D eigenvalue weighted by Crippen LogP contribution is 2.28. The number of nitro groups is 1. The van der Waals surface area contributed by atoms with E-state index in [1.54, 1.807) is 6.07 Å². The highest BCUT2D eigenvalue weighted by Gasteiger charge is 2.22. The first-order valence-corrected chi connectivity index (χ1v) is 6.81. The number of aromatic nitrogens is 1. The third-order valence-corrected chi connectivity index (χ3v) is 3.73. The molecule has 1 fully saturated rings. The fourth-order valence-electron chi connectivity index (χ4n) is 2.67. The van der Waals surface area contributed by atoms with Crippen molar-refractivity contribution in [3.05, 3.63) is 22.2 Å². The maximum atomic E-state index is 10.8. The summed E-state index contributed by atoms with van der Waals surface area (Å²) in [7, 11) is 0. The lowest BCUT2D eigenvalue weighted by atomic mass is 10.1. The summed E-state index contributed by atoms with van der Waals surface area (Å²) in [5, 5.41) is 10.8. The fourth-order valence-corrected chi connectivity index (χ4v) is 2.67. The molecule has 0 radical (unpaired) electrons. The molecule has 0 aliphatic carbocycles. The lowest BCUT2D eigenvalue weighted by molar-refractivity contribution is -0.384. The van der Waals surface area contributed by atoms with Gasteiger partial charge in [0.15, 0.2) is 0 Å². The van der Waals surface area contributed by atoms with Crippen LogP contribution in [0, 0.1) is 10.1 Å². The van der Waals surface area contributed by atoms with Gasteiger partial charge in [0.25, 0.3) is 0 Å². The molecule has 0 amide bonds. The predicted molar refractivity (Wildman–Crippen MR) is 75.2 cm³/mol. The number of nitrogens with zero attached hydrogens (tertiary/aromatic N) is 3. The van der Waals surface area contributed by atoms with E-state index in [-0.39, 0.29) is 11.5 Å². The molecule has 1 aliphatic rings. The molecule has 6 heteroatoms. The number of hydrogen-bond acceptors (Lipinski definition) is 5. The van der Waals surface area contributed by atoms with Crippen LogP contribution in [0.2, 0.25) is 0 Å². The minimum Gasteiger partial charge on any atom is -0.378 e. The maximum absolute atomic E-state index is 10.8. The van der Waals surface area contributed by atoms with Crippen molar-refractivity contribution in [2.75, 3.05) is 17.2 Å². The predicted octanol–water partition coefficient (Wildman–Crippen LogP) is 2.73. The molecule has 19 heavy (non-hydrogen) atoms. The number of nitrogen functional groups attached to an aromatic ring is 1. The largest absolute Gasteiger partial charge is 0.378 e. The van der Waals surface area contributed by atoms with Gasteiger partial charge in [-0.05, 0) is 25.3 Å². The van der Waals surface area contributed by atoms with Crippen molar-refractivity contribution in [1.82, 2.24) is 4.98 Å². The quantitative estimate of drug-likeness (QED) is 0.670. The first-order valence-electron chi connectivity index (χ1n) is 6.81. The monoisotopic (exact) mass is 264 g/mol. The van der Waals surface area contributed by atoms with Gasteiger partial charge in [0.2, 0.25) is 5.82 Å². The zero-order chi connectivity index (χ0) is 13.8. The van der Waals surface area contributed by atoms with Crippen LogP contribution in [0.4, 0.5) is 17.3 Å². The number of pyridine rings is 1. The summed E-state index contributed by atoms with van der Waals surface area (Å²) in [6.07, 6.45) is 5.80. The second-order valence-corrected chi connectivity index (χ2v) is 4.94. The first kappa shape index (κ1) is 13.6. The lowest BCUT2D eigenvalue weighted by Gasteiger charge is -2.30. The van der Waals surface area contributed by atoms with E-state index in [4.69, 9.17) is 5.73 Å². The van der Waals surface area contributed by atoms with Crippen LogP contribution in [0.3, 0.4) is 0 Å². The summed E-state index contributed by atoms with van der Waals surface area (Å²) >= 11 is 0. The Morgan fingerprint density at radius 2 is 2.26 bits per heavy atom. The van der Waals surface area contributed by atoms with Gasteiger partial charge in [0.05, 0.1) is 4.92 Å². The van der Waals surface area contributed by atoms with Gasteiger partial charge >= 0.3 is 5.69 Å². The number of anilines is 2. The van der Waals surface area contributed by atoms with Gasteiger partial charge < -0.3 is 10.6 Å². The van der Waals surface area contributed by atoms with Crippen molar-refractivity contribution in [3.63, 3.8) is 0 Å². The van der Waals surface area contributed by atoms with Crippen LogP contribution >= 0.6 is 0 Å². The van der Waals surface area contributed by atoms with Crippen LogP contribution in [0.1, 0.15) is 39.0 Å². The SMILES string of the molecule is CCC1CCCCCN1c1ccc([N+](=O)[O-])c(N)n1. The average molecular weight is 264 g/mol. The van der Waals surface area contributed by atoms with E-state index >= 15 is 0 Å². The first-order chi connectivity index (χ1) is 9.13. The molecule has 0 saturated carbocycles. The molecule has 1 unspecified atom stereocenters. The fraction of sp³-hybridized carbons (Fsp3) is 0.615. The van der Waals surface area contributed by atoms with Gasteiger partial charge in [-0.2, -0.15) is 0 Å². The van der Waals surface area contributed by atoms with Crippen molar-refractivity contribution in [3.8, 4) is 0 Å². The molecule has 104 valence electrons. The number of hydrogen-bond donors (Lipinski definition) is 1. The Balaban J connectivity index is 2.28. The van der Waals surface area contributed by atoms with E-state index in [0.29, 0.717) is 6.04 Å². The molecule has 1 aliphatic heterocycles. The minimum absolute atomic E-state index is 0.00148. The molecular formula is C13H20N4O2. The summed E-state index contributed by atoms with van der Waals surface area (Å²) in [5.41, 5.74) is 5.56. The average Bonchev–Trinajstić information content (AvgIpc) is 2.63. The van der Waals surface area contributed by atoms with Crippen molar-refractivity contribution >= 4 is 17.3 Å². The molecular weight excluding hydrogens is 244 g/mol. The van der Waals surface area contributed by atoms with Gasteiger partial charge in [-0.1, -0.05) is 19.8 Å². The van der Waals surface area contributed by atoms with E-state index in [1.807, 2.05) is 0 Å². The van der Waals surface area contributed by atoms with Gasteiger partial charge in [0, 0.05) is 18.7 Å². The zero-order valence-electron chi connectivity index (χ0n) is 11.2. The molecule has 2 rings (SSSR count). The molecule has 1 saturated heterocycles. The Hall–Kier alpha value is -1.85. The minimum atomic E-state index is -0.494. The summed E-state index contributed by atoms with van der Waals surface area (Å²) in [6.45, 7) is 3.11. The van der Waals surface area contributed by atoms with Crippen LogP contribution < -0.4 is 10.6 Å². The van der Waals surface area contributed by atoms with E-state index in [9.17, 15) is 10.1 Å². The lowest BCUT2D eigenvalue weighted by Crippen LogP contribution is -2.35. The highest BCUT2D eigenvalue weighted by atomic mass is 16.6. The second kappa shape index (κ2) is 5.86. The highest BCUT2D eigenvalue weighted by molar-refractivity contribution is 5.58. The Kier molecular flexibility index (Phi) is 4.19. The van der Waals surface area contributed by atoms with Crippen molar-refractivity contribution in [1.29, 1.82) is 0 Å². The summed E-state index contributed by atoms with van der Waals surface area (Å²) in [4.78, 5) is 16.7. The van der Waals surface area contributed by atoms with Crippen LogP contribution in [-0.4, -0.2) is 22.5 Å². The molecule has 1 aromatic rings. The van der Waals surface area contributed by atoms with Crippen molar-refractivity contribution in [2.45, 2.75) is 45.1 Å². The van der Waals surface area contributed by atoms with Crippen LogP contribution in [0.25, 0.3) is 0 Å². The molecule has 2 heterocycles. The third kappa shape index (κ3) is 2.94. The summed E-state index contributed by atoms with van der Waals surface area (Å²) in [6, 6.07) is 3.62. The van der Waals surface area contributed by atoms with Gasteiger partial charge in [-0.3, -0.25) is 10.1 Å². The topological polar surface area (TPSA) is 85.3 Å². The number of rotatable bonds is 3. The van der Waals surface area contributed by atoms with E-state index in [0.717, 1.165) is 31.6 Å². The van der Waals surface area contributed by atoms with E-state index in [1.165, 1.54) is 18.9 Å². The Labute approximate surface area is 112 Å². The van der Waals surface area contributed by atoms with Crippen LogP contribution in [0.15, 0.2) is 12.1 Å². The third-order valence-electron chi connectivity index (χ3n) is 3.73. The summed E-state index contributed by atoms with van der Waals surface area (Å²) < 4.78 is 0. The van der Waals surface area contributed by atoms with Crippen molar-refractivity contribution < 1.29 is 4.92 Å². The van der Waals surface area contributed by atoms with Gasteiger partial charge in [-0.15, -0.1) is 0 Å². The maximum Gasteiger partial charge on any atom is 0.311 e. The molecule has 0 aromatic carbocycles. The Bertz CT molecular complexity index is 464. The summed E-state index contributed by atoms with van der Waals surface area (Å²) in [5.74, 6) is 0.762. The molecule has 0 spiro atoms. The molecule has 0 bridgehead atoms. The van der Waals surface area contributed by atoms with Crippen molar-refractivity contribution in [2.24, 2.45) is 0 Å².